The van der Waals surface area contributed by atoms with Gasteiger partial charge in [0.2, 0.25) is 0 Å². The van der Waals surface area contributed by atoms with Crippen LogP contribution in [-0.4, -0.2) is 43.8 Å². The van der Waals surface area contributed by atoms with Gasteiger partial charge in [0.1, 0.15) is 0 Å². The molecule has 1 fully saturated rings. The van der Waals surface area contributed by atoms with Crippen LogP contribution in [0.2, 0.25) is 0 Å². The number of methoxy groups -OCH3 is 1. The van der Waals surface area contributed by atoms with Crippen LogP contribution < -0.4 is 10.6 Å². The van der Waals surface area contributed by atoms with Gasteiger partial charge in [-0.05, 0) is 31.0 Å². The van der Waals surface area contributed by atoms with E-state index in [-0.39, 0.29) is 0 Å². The van der Waals surface area contributed by atoms with Gasteiger partial charge < -0.3 is 10.1 Å². The van der Waals surface area contributed by atoms with Crippen molar-refractivity contribution in [3.05, 3.63) is 24.3 Å². The van der Waals surface area contributed by atoms with E-state index in [1.807, 2.05) is 24.3 Å². The summed E-state index contributed by atoms with van der Waals surface area (Å²) in [6, 6.07) is 8.08. The fourth-order valence-electron chi connectivity index (χ4n) is 2.46. The van der Waals surface area contributed by atoms with Crippen LogP contribution in [0.15, 0.2) is 24.3 Å². The molecule has 1 saturated heterocycles. The van der Waals surface area contributed by atoms with Crippen molar-refractivity contribution in [3.63, 3.8) is 0 Å². The second-order valence-electron chi connectivity index (χ2n) is 5.10. The number of hydrogen-bond donors (Lipinski definition) is 2. The van der Waals surface area contributed by atoms with Gasteiger partial charge in [0.25, 0.3) is 0 Å². The predicted octanol–water partition coefficient (Wildman–Crippen LogP) is 2.37. The van der Waals surface area contributed by atoms with Crippen molar-refractivity contribution in [2.24, 2.45) is 0 Å². The van der Waals surface area contributed by atoms with Crippen molar-refractivity contribution < 1.29 is 9.53 Å². The van der Waals surface area contributed by atoms with Gasteiger partial charge in [0, 0.05) is 30.5 Å². The van der Waals surface area contributed by atoms with Crippen molar-refractivity contribution in [2.45, 2.75) is 18.9 Å². The number of amides is 1. The van der Waals surface area contributed by atoms with Crippen LogP contribution in [0.25, 0.3) is 0 Å². The smallest absolute Gasteiger partial charge is 0.411 e. The number of terminal acetylenes is 1. The number of rotatable bonds is 4. The molecule has 112 valence electrons. The van der Waals surface area contributed by atoms with Crippen LogP contribution in [0.4, 0.5) is 16.2 Å². The predicted molar refractivity (Wildman–Crippen MR) is 84.4 cm³/mol. The Morgan fingerprint density at radius 1 is 1.43 bits per heavy atom. The summed E-state index contributed by atoms with van der Waals surface area (Å²) in [5.74, 6) is 2.69. The number of hydrogen-bond acceptors (Lipinski definition) is 4. The van der Waals surface area contributed by atoms with E-state index in [9.17, 15) is 4.79 Å². The maximum atomic E-state index is 11.2. The van der Waals surface area contributed by atoms with E-state index in [2.05, 4.69) is 26.2 Å². The molecular weight excluding hydrogens is 266 g/mol. The van der Waals surface area contributed by atoms with Crippen molar-refractivity contribution in [2.75, 3.05) is 37.4 Å². The summed E-state index contributed by atoms with van der Waals surface area (Å²) in [5, 5.41) is 6.17. The van der Waals surface area contributed by atoms with Gasteiger partial charge in [-0.25, -0.2) is 4.79 Å². The molecule has 1 aliphatic rings. The summed E-state index contributed by atoms with van der Waals surface area (Å²) in [4.78, 5) is 13.5. The fraction of sp³-hybridized carbons (Fsp3) is 0.438. The molecule has 5 nitrogen and oxygen atoms in total. The molecule has 2 rings (SSSR count). The Morgan fingerprint density at radius 2 is 2.14 bits per heavy atom. The number of benzene rings is 1. The lowest BCUT2D eigenvalue weighted by Gasteiger charge is -2.31. The number of carbonyl (C=O) groups is 1. The van der Waals surface area contributed by atoms with Crippen molar-refractivity contribution in [1.29, 1.82) is 0 Å². The number of nitrogens with one attached hydrogen (secondary N) is 2. The maximum Gasteiger partial charge on any atom is 0.411 e. The lowest BCUT2D eigenvalue weighted by atomic mass is 10.0. The van der Waals surface area contributed by atoms with Crippen LogP contribution in [0, 0.1) is 12.3 Å². The van der Waals surface area contributed by atoms with E-state index in [0.717, 1.165) is 43.9 Å². The zero-order valence-corrected chi connectivity index (χ0v) is 12.3. The standard InChI is InChI=1S/C16H21N3O2/c1-3-9-19-10-7-13(8-11-19)17-14-5-4-6-15(12-14)18-16(20)21-2/h1,4-6,12-13,17H,7-11H2,2H3,(H,18,20). The van der Waals surface area contributed by atoms with Crippen LogP contribution >= 0.6 is 0 Å². The molecule has 0 radical (unpaired) electrons. The topological polar surface area (TPSA) is 53.6 Å². The quantitative estimate of drug-likeness (QED) is 0.835. The summed E-state index contributed by atoms with van der Waals surface area (Å²) in [6.45, 7) is 2.76. The SMILES string of the molecule is C#CCN1CCC(Nc2cccc(NC(=O)OC)c2)CC1. The Balaban J connectivity index is 1.87. The third-order valence-electron chi connectivity index (χ3n) is 3.57. The third kappa shape index (κ3) is 4.69. The first-order valence-electron chi connectivity index (χ1n) is 7.08. The molecule has 1 heterocycles. The van der Waals surface area contributed by atoms with E-state index in [4.69, 9.17) is 6.42 Å². The van der Waals surface area contributed by atoms with Gasteiger partial charge in [0.15, 0.2) is 0 Å². The summed E-state index contributed by atoms with van der Waals surface area (Å²) < 4.78 is 4.59. The largest absolute Gasteiger partial charge is 0.453 e. The highest BCUT2D eigenvalue weighted by atomic mass is 16.5. The number of nitrogens with zero attached hydrogens (tertiary/aromatic N) is 1. The first-order valence-corrected chi connectivity index (χ1v) is 7.08. The van der Waals surface area contributed by atoms with Gasteiger partial charge >= 0.3 is 6.09 Å². The molecule has 1 aromatic carbocycles. The van der Waals surface area contributed by atoms with Crippen LogP contribution in [-0.2, 0) is 4.74 Å². The Morgan fingerprint density at radius 3 is 2.81 bits per heavy atom. The van der Waals surface area contributed by atoms with E-state index in [1.165, 1.54) is 7.11 Å². The van der Waals surface area contributed by atoms with Gasteiger partial charge in [0.05, 0.1) is 13.7 Å². The summed E-state index contributed by atoms with van der Waals surface area (Å²) in [6.07, 6.45) is 7.00. The highest BCUT2D eigenvalue weighted by Crippen LogP contribution is 2.19. The van der Waals surface area contributed by atoms with Gasteiger partial charge in [-0.15, -0.1) is 6.42 Å². The zero-order chi connectivity index (χ0) is 15.1. The molecule has 0 bridgehead atoms. The van der Waals surface area contributed by atoms with Crippen LogP contribution in [0.5, 0.6) is 0 Å². The average Bonchev–Trinajstić information content (AvgIpc) is 2.50. The second-order valence-corrected chi connectivity index (χ2v) is 5.10. The van der Waals surface area contributed by atoms with E-state index >= 15 is 0 Å². The molecule has 1 aromatic rings. The molecule has 0 aliphatic carbocycles. The monoisotopic (exact) mass is 287 g/mol. The summed E-state index contributed by atoms with van der Waals surface area (Å²) >= 11 is 0. The molecule has 1 aliphatic heterocycles. The molecule has 0 aromatic heterocycles. The van der Waals surface area contributed by atoms with Gasteiger partial charge in [-0.3, -0.25) is 10.2 Å². The number of anilines is 2. The first-order chi connectivity index (χ1) is 10.2. The van der Waals surface area contributed by atoms with Crippen molar-refractivity contribution >= 4 is 17.5 Å². The van der Waals surface area contributed by atoms with E-state index in [1.54, 1.807) is 0 Å². The lowest BCUT2D eigenvalue weighted by Crippen LogP contribution is -2.39. The highest BCUT2D eigenvalue weighted by molar-refractivity contribution is 5.85. The molecule has 1 amide bonds. The van der Waals surface area contributed by atoms with Gasteiger partial charge in [-0.1, -0.05) is 12.0 Å². The van der Waals surface area contributed by atoms with Gasteiger partial charge in [-0.2, -0.15) is 0 Å². The Kier molecular flexibility index (Phi) is 5.47. The third-order valence-corrected chi connectivity index (χ3v) is 3.57. The van der Waals surface area contributed by atoms with Crippen LogP contribution in [0.3, 0.4) is 0 Å². The number of piperidine rings is 1. The summed E-state index contributed by atoms with van der Waals surface area (Å²) in [7, 11) is 1.35. The highest BCUT2D eigenvalue weighted by Gasteiger charge is 2.18. The number of ether oxygens (including phenoxy) is 1. The van der Waals surface area contributed by atoms with Crippen LogP contribution in [0.1, 0.15) is 12.8 Å². The lowest BCUT2D eigenvalue weighted by molar-refractivity contribution is 0.187. The molecule has 0 saturated carbocycles. The second kappa shape index (κ2) is 7.55. The Hall–Kier alpha value is -2.19. The Bertz CT molecular complexity index is 516. The minimum Gasteiger partial charge on any atom is -0.453 e. The molecular formula is C16H21N3O2. The number of carbonyl (C=O) groups excluding carboxylic acids is 1. The molecule has 5 heteroatoms. The minimum atomic E-state index is -0.463. The first kappa shape index (κ1) is 15.2. The molecule has 0 spiro atoms. The molecule has 21 heavy (non-hydrogen) atoms. The average molecular weight is 287 g/mol. The van der Waals surface area contributed by atoms with E-state index in [0.29, 0.717) is 6.04 Å². The normalized spacial score (nSPS) is 16.0. The molecule has 0 unspecified atom stereocenters. The van der Waals surface area contributed by atoms with Crippen molar-refractivity contribution in [1.82, 2.24) is 4.90 Å². The number of likely N-dealkylation sites (tertiary alicyclic amines) is 1. The zero-order valence-electron chi connectivity index (χ0n) is 12.3. The minimum absolute atomic E-state index is 0.437. The summed E-state index contributed by atoms with van der Waals surface area (Å²) in [5.41, 5.74) is 1.72. The van der Waals surface area contributed by atoms with Crippen molar-refractivity contribution in [3.8, 4) is 12.3 Å². The fourth-order valence-corrected chi connectivity index (χ4v) is 2.46. The Labute approximate surface area is 125 Å². The maximum absolute atomic E-state index is 11.2. The molecule has 0 atom stereocenters. The van der Waals surface area contributed by atoms with E-state index < -0.39 is 6.09 Å². The molecule has 2 N–H and O–H groups in total.